The number of hydrogen-bond donors (Lipinski definition) is 2. The minimum absolute atomic E-state index is 0.185. The summed E-state index contributed by atoms with van der Waals surface area (Å²) < 4.78 is 11.2. The summed E-state index contributed by atoms with van der Waals surface area (Å²) in [4.78, 5) is 0. The number of rotatable bonds is 7. The van der Waals surface area contributed by atoms with Gasteiger partial charge in [-0.2, -0.15) is 0 Å². The van der Waals surface area contributed by atoms with Gasteiger partial charge in [0, 0.05) is 24.7 Å². The van der Waals surface area contributed by atoms with Crippen molar-refractivity contribution in [1.82, 2.24) is 10.2 Å². The van der Waals surface area contributed by atoms with Crippen molar-refractivity contribution in [2.24, 2.45) is 5.73 Å². The molecule has 2 aromatic rings. The molecule has 0 bridgehead atoms. The van der Waals surface area contributed by atoms with Gasteiger partial charge in [0.15, 0.2) is 0 Å². The molecule has 0 amide bonds. The second-order valence-electron chi connectivity index (χ2n) is 4.53. The van der Waals surface area contributed by atoms with E-state index in [-0.39, 0.29) is 6.10 Å². The first-order chi connectivity index (χ1) is 9.71. The standard InChI is InChI=1S/C14H20N4O2/c1-3-10(2)19-12-6-4-5-11(9-12)16-14-18-17-13(20-14)7-8-15/h4-6,9-10H,3,7-8,15H2,1-2H3,(H,16,18). The van der Waals surface area contributed by atoms with Gasteiger partial charge in [0.2, 0.25) is 5.89 Å². The zero-order valence-corrected chi connectivity index (χ0v) is 11.8. The maximum absolute atomic E-state index is 5.76. The van der Waals surface area contributed by atoms with Crippen LogP contribution in [0.25, 0.3) is 0 Å². The first kappa shape index (κ1) is 14.3. The van der Waals surface area contributed by atoms with Crippen molar-refractivity contribution in [3.63, 3.8) is 0 Å². The molecule has 3 N–H and O–H groups in total. The van der Waals surface area contributed by atoms with Crippen LogP contribution in [0.1, 0.15) is 26.2 Å². The van der Waals surface area contributed by atoms with E-state index in [0.29, 0.717) is 24.9 Å². The summed E-state index contributed by atoms with van der Waals surface area (Å²) in [6, 6.07) is 8.01. The molecule has 0 radical (unpaired) electrons. The summed E-state index contributed by atoms with van der Waals surface area (Å²) in [5.41, 5.74) is 6.28. The molecule has 1 aromatic heterocycles. The van der Waals surface area contributed by atoms with Crippen molar-refractivity contribution in [3.05, 3.63) is 30.2 Å². The molecule has 1 aromatic carbocycles. The fourth-order valence-corrected chi connectivity index (χ4v) is 1.61. The van der Waals surface area contributed by atoms with Crippen LogP contribution >= 0.6 is 0 Å². The van der Waals surface area contributed by atoms with E-state index < -0.39 is 0 Å². The lowest BCUT2D eigenvalue weighted by Crippen LogP contribution is -2.09. The maximum Gasteiger partial charge on any atom is 0.320 e. The Balaban J connectivity index is 2.03. The van der Waals surface area contributed by atoms with Gasteiger partial charge in [0.05, 0.1) is 6.10 Å². The number of aromatic nitrogens is 2. The van der Waals surface area contributed by atoms with Crippen LogP contribution in [0.2, 0.25) is 0 Å². The second-order valence-corrected chi connectivity index (χ2v) is 4.53. The van der Waals surface area contributed by atoms with Gasteiger partial charge in [0.25, 0.3) is 0 Å². The van der Waals surface area contributed by atoms with E-state index in [0.717, 1.165) is 17.9 Å². The minimum atomic E-state index is 0.185. The van der Waals surface area contributed by atoms with Gasteiger partial charge in [-0.3, -0.25) is 0 Å². The SMILES string of the molecule is CCC(C)Oc1cccc(Nc2nnc(CCN)o2)c1. The Morgan fingerprint density at radius 1 is 1.40 bits per heavy atom. The summed E-state index contributed by atoms with van der Waals surface area (Å²) >= 11 is 0. The van der Waals surface area contributed by atoms with Crippen molar-refractivity contribution in [2.45, 2.75) is 32.8 Å². The third kappa shape index (κ3) is 3.96. The van der Waals surface area contributed by atoms with Crippen LogP contribution < -0.4 is 15.8 Å². The Labute approximate surface area is 118 Å². The molecular formula is C14H20N4O2. The molecule has 0 saturated carbocycles. The highest BCUT2D eigenvalue weighted by molar-refractivity contribution is 5.54. The third-order valence-corrected chi connectivity index (χ3v) is 2.82. The molecule has 108 valence electrons. The lowest BCUT2D eigenvalue weighted by Gasteiger charge is -2.13. The molecule has 0 aliphatic heterocycles. The van der Waals surface area contributed by atoms with Crippen LogP contribution in [0.4, 0.5) is 11.7 Å². The normalized spacial score (nSPS) is 12.2. The molecule has 0 aliphatic carbocycles. The van der Waals surface area contributed by atoms with Gasteiger partial charge in [-0.15, -0.1) is 5.10 Å². The Bertz CT molecular complexity index is 541. The molecule has 0 saturated heterocycles. The van der Waals surface area contributed by atoms with Crippen LogP contribution in [-0.4, -0.2) is 22.8 Å². The third-order valence-electron chi connectivity index (χ3n) is 2.82. The Hall–Kier alpha value is -2.08. The fraction of sp³-hybridized carbons (Fsp3) is 0.429. The van der Waals surface area contributed by atoms with Gasteiger partial charge in [-0.25, -0.2) is 0 Å². The van der Waals surface area contributed by atoms with Crippen LogP contribution in [0.5, 0.6) is 5.75 Å². The molecule has 1 unspecified atom stereocenters. The summed E-state index contributed by atoms with van der Waals surface area (Å²) in [5, 5.41) is 10.9. The van der Waals surface area contributed by atoms with E-state index in [1.165, 1.54) is 0 Å². The lowest BCUT2D eigenvalue weighted by atomic mass is 10.3. The first-order valence-corrected chi connectivity index (χ1v) is 6.77. The quantitative estimate of drug-likeness (QED) is 0.808. The van der Waals surface area contributed by atoms with E-state index in [2.05, 4.69) is 22.4 Å². The van der Waals surface area contributed by atoms with E-state index in [1.807, 2.05) is 31.2 Å². The highest BCUT2D eigenvalue weighted by Gasteiger charge is 2.07. The van der Waals surface area contributed by atoms with Crippen molar-refractivity contribution in [3.8, 4) is 5.75 Å². The number of anilines is 2. The van der Waals surface area contributed by atoms with Gasteiger partial charge >= 0.3 is 6.01 Å². The number of nitrogens with zero attached hydrogens (tertiary/aromatic N) is 2. The summed E-state index contributed by atoms with van der Waals surface area (Å²) in [7, 11) is 0. The molecule has 6 heteroatoms. The Kier molecular flexibility index (Phi) is 4.95. The van der Waals surface area contributed by atoms with Gasteiger partial charge in [0.1, 0.15) is 5.75 Å². The van der Waals surface area contributed by atoms with Gasteiger partial charge in [-0.05, 0) is 25.5 Å². The number of hydrogen-bond acceptors (Lipinski definition) is 6. The lowest BCUT2D eigenvalue weighted by molar-refractivity contribution is 0.217. The predicted octanol–water partition coefficient (Wildman–Crippen LogP) is 2.49. The number of nitrogens with one attached hydrogen (secondary N) is 1. The molecule has 1 heterocycles. The van der Waals surface area contributed by atoms with Crippen molar-refractivity contribution in [2.75, 3.05) is 11.9 Å². The van der Waals surface area contributed by atoms with Crippen molar-refractivity contribution in [1.29, 1.82) is 0 Å². The highest BCUT2D eigenvalue weighted by Crippen LogP contribution is 2.22. The van der Waals surface area contributed by atoms with Crippen LogP contribution in [0.3, 0.4) is 0 Å². The van der Waals surface area contributed by atoms with E-state index in [1.54, 1.807) is 0 Å². The van der Waals surface area contributed by atoms with E-state index in [4.69, 9.17) is 14.9 Å². The van der Waals surface area contributed by atoms with Crippen molar-refractivity contribution < 1.29 is 9.15 Å². The number of benzene rings is 1. The van der Waals surface area contributed by atoms with Crippen LogP contribution in [0.15, 0.2) is 28.7 Å². The largest absolute Gasteiger partial charge is 0.491 e. The Morgan fingerprint density at radius 3 is 3.00 bits per heavy atom. The van der Waals surface area contributed by atoms with E-state index in [9.17, 15) is 0 Å². The minimum Gasteiger partial charge on any atom is -0.491 e. The number of ether oxygens (including phenoxy) is 1. The first-order valence-electron chi connectivity index (χ1n) is 6.77. The fourth-order valence-electron chi connectivity index (χ4n) is 1.61. The highest BCUT2D eigenvalue weighted by atomic mass is 16.5. The summed E-state index contributed by atoms with van der Waals surface area (Å²) in [6.45, 7) is 4.61. The van der Waals surface area contributed by atoms with E-state index >= 15 is 0 Å². The molecule has 6 nitrogen and oxygen atoms in total. The van der Waals surface area contributed by atoms with Crippen LogP contribution in [-0.2, 0) is 6.42 Å². The molecular weight excluding hydrogens is 256 g/mol. The molecule has 20 heavy (non-hydrogen) atoms. The molecule has 0 spiro atoms. The molecule has 0 fully saturated rings. The average Bonchev–Trinajstić information content (AvgIpc) is 2.87. The predicted molar refractivity (Wildman–Crippen MR) is 77.2 cm³/mol. The topological polar surface area (TPSA) is 86.2 Å². The Morgan fingerprint density at radius 2 is 2.25 bits per heavy atom. The number of nitrogens with two attached hydrogens (primary N) is 1. The van der Waals surface area contributed by atoms with Gasteiger partial charge in [-0.1, -0.05) is 18.1 Å². The zero-order valence-electron chi connectivity index (χ0n) is 11.8. The van der Waals surface area contributed by atoms with Crippen molar-refractivity contribution >= 4 is 11.7 Å². The maximum atomic E-state index is 5.76. The molecule has 0 aliphatic rings. The smallest absolute Gasteiger partial charge is 0.320 e. The second kappa shape index (κ2) is 6.91. The van der Waals surface area contributed by atoms with Gasteiger partial charge < -0.3 is 20.2 Å². The van der Waals surface area contributed by atoms with Crippen LogP contribution in [0, 0.1) is 0 Å². The zero-order chi connectivity index (χ0) is 14.4. The molecule has 2 rings (SSSR count). The summed E-state index contributed by atoms with van der Waals surface area (Å²) in [5.74, 6) is 1.34. The summed E-state index contributed by atoms with van der Waals surface area (Å²) in [6.07, 6.45) is 1.72. The average molecular weight is 276 g/mol. The molecule has 1 atom stereocenters. The monoisotopic (exact) mass is 276 g/mol.